The molecule has 0 radical (unpaired) electrons. The van der Waals surface area contributed by atoms with E-state index in [4.69, 9.17) is 4.74 Å². The molecule has 1 aliphatic heterocycles. The molecule has 1 N–H and O–H groups in total. The van der Waals surface area contributed by atoms with Crippen LogP contribution in [0.5, 0.6) is 0 Å². The topological polar surface area (TPSA) is 21.3 Å². The van der Waals surface area contributed by atoms with Gasteiger partial charge in [-0.05, 0) is 0 Å². The van der Waals surface area contributed by atoms with Crippen molar-refractivity contribution in [1.29, 1.82) is 0 Å². The summed E-state index contributed by atoms with van der Waals surface area (Å²) >= 11 is 0. The average Bonchev–Trinajstić information content (AvgIpc) is 1.72. The first kappa shape index (κ1) is 7.44. The van der Waals surface area contributed by atoms with E-state index in [1.165, 1.54) is 0 Å². The van der Waals surface area contributed by atoms with Gasteiger partial charge in [0.1, 0.15) is 0 Å². The Morgan fingerprint density at radius 2 is 1.71 bits per heavy atom. The smallest absolute Gasteiger partial charge is 0.0591 e. The van der Waals surface area contributed by atoms with Gasteiger partial charge < -0.3 is 10.1 Å². The van der Waals surface area contributed by atoms with Gasteiger partial charge in [-0.1, -0.05) is 0 Å². The zero-order chi connectivity index (χ0) is 4.24. The van der Waals surface area contributed by atoms with Crippen molar-refractivity contribution in [3.63, 3.8) is 0 Å². The zero-order valence-electron chi connectivity index (χ0n) is 4.09. The van der Waals surface area contributed by atoms with Crippen LogP contribution in [0.4, 0.5) is 0 Å². The SMILES string of the molecule is C1COCCN1.[Fe]. The van der Waals surface area contributed by atoms with Crippen molar-refractivity contribution in [2.75, 3.05) is 26.3 Å². The van der Waals surface area contributed by atoms with E-state index in [9.17, 15) is 0 Å². The molecule has 0 bridgehead atoms. The van der Waals surface area contributed by atoms with E-state index in [2.05, 4.69) is 5.32 Å². The summed E-state index contributed by atoms with van der Waals surface area (Å²) in [5.41, 5.74) is 0. The maximum atomic E-state index is 5.01. The molecule has 44 valence electrons. The van der Waals surface area contributed by atoms with Crippen molar-refractivity contribution < 1.29 is 21.8 Å². The van der Waals surface area contributed by atoms with Crippen molar-refractivity contribution in [3.05, 3.63) is 0 Å². The third-order valence-corrected chi connectivity index (χ3v) is 0.846. The molecule has 0 unspecified atom stereocenters. The Morgan fingerprint density at radius 1 is 1.14 bits per heavy atom. The molecule has 7 heavy (non-hydrogen) atoms. The number of morpholine rings is 1. The predicted octanol–water partition coefficient (Wildman–Crippen LogP) is -0.396. The molecular weight excluding hydrogens is 134 g/mol. The summed E-state index contributed by atoms with van der Waals surface area (Å²) in [5.74, 6) is 0. The fourth-order valence-electron chi connectivity index (χ4n) is 0.516. The molecule has 0 aromatic rings. The molecule has 3 heteroatoms. The van der Waals surface area contributed by atoms with Gasteiger partial charge in [-0.3, -0.25) is 0 Å². The molecule has 0 spiro atoms. The third kappa shape index (κ3) is 3.06. The maximum Gasteiger partial charge on any atom is 0.0591 e. The van der Waals surface area contributed by atoms with Crippen LogP contribution in [0.3, 0.4) is 0 Å². The Morgan fingerprint density at radius 3 is 1.86 bits per heavy atom. The van der Waals surface area contributed by atoms with Crippen LogP contribution in [0.2, 0.25) is 0 Å². The minimum atomic E-state index is 0. The molecule has 0 amide bonds. The quantitative estimate of drug-likeness (QED) is 0.466. The molecule has 0 aromatic heterocycles. The van der Waals surface area contributed by atoms with Gasteiger partial charge in [-0.2, -0.15) is 0 Å². The van der Waals surface area contributed by atoms with Gasteiger partial charge in [0.2, 0.25) is 0 Å². The van der Waals surface area contributed by atoms with Crippen molar-refractivity contribution >= 4 is 0 Å². The standard InChI is InChI=1S/C4H9NO.Fe/c1-3-6-4-2-5-1;/h5H,1-4H2;. The van der Waals surface area contributed by atoms with Crippen LogP contribution in [0, 0.1) is 0 Å². The Bertz CT molecular complexity index is 27.2. The first-order valence-corrected chi connectivity index (χ1v) is 2.28. The molecule has 0 atom stereocenters. The molecule has 2 nitrogen and oxygen atoms in total. The second kappa shape index (κ2) is 4.59. The van der Waals surface area contributed by atoms with Crippen LogP contribution in [0.25, 0.3) is 0 Å². The number of hydrogen-bond acceptors (Lipinski definition) is 2. The number of rotatable bonds is 0. The Balaban J connectivity index is 0.000000360. The van der Waals surface area contributed by atoms with Crippen LogP contribution in [-0.4, -0.2) is 26.3 Å². The van der Waals surface area contributed by atoms with E-state index >= 15 is 0 Å². The predicted molar refractivity (Wildman–Crippen MR) is 23.7 cm³/mol. The van der Waals surface area contributed by atoms with Crippen molar-refractivity contribution in [2.45, 2.75) is 0 Å². The molecule has 0 aliphatic carbocycles. The zero-order valence-corrected chi connectivity index (χ0v) is 5.19. The molecule has 1 saturated heterocycles. The van der Waals surface area contributed by atoms with Crippen LogP contribution >= 0.6 is 0 Å². The van der Waals surface area contributed by atoms with E-state index in [1.54, 1.807) is 0 Å². The monoisotopic (exact) mass is 143 g/mol. The second-order valence-electron chi connectivity index (χ2n) is 1.36. The fourth-order valence-corrected chi connectivity index (χ4v) is 0.516. The minimum absolute atomic E-state index is 0. The van der Waals surface area contributed by atoms with E-state index in [1.807, 2.05) is 0 Å². The number of ether oxygens (including phenoxy) is 1. The first-order valence-electron chi connectivity index (χ1n) is 2.28. The van der Waals surface area contributed by atoms with Gasteiger partial charge >= 0.3 is 0 Å². The maximum absolute atomic E-state index is 5.01. The summed E-state index contributed by atoms with van der Waals surface area (Å²) in [6.07, 6.45) is 0. The molecule has 1 heterocycles. The normalized spacial score (nSPS) is 20.6. The molecule has 1 fully saturated rings. The van der Waals surface area contributed by atoms with Crippen LogP contribution in [0.1, 0.15) is 0 Å². The summed E-state index contributed by atoms with van der Waals surface area (Å²) in [6.45, 7) is 3.83. The largest absolute Gasteiger partial charge is 0.379 e. The Labute approximate surface area is 54.1 Å². The molecule has 0 aromatic carbocycles. The van der Waals surface area contributed by atoms with Gasteiger partial charge in [-0.15, -0.1) is 0 Å². The Kier molecular flexibility index (Phi) is 4.88. The molecule has 0 saturated carbocycles. The second-order valence-corrected chi connectivity index (χ2v) is 1.36. The van der Waals surface area contributed by atoms with Crippen molar-refractivity contribution in [1.82, 2.24) is 5.32 Å². The molecule has 1 aliphatic rings. The first-order chi connectivity index (χ1) is 3.00. The van der Waals surface area contributed by atoms with Gasteiger partial charge in [-0.25, -0.2) is 0 Å². The van der Waals surface area contributed by atoms with Crippen molar-refractivity contribution in [2.24, 2.45) is 0 Å². The van der Waals surface area contributed by atoms with E-state index < -0.39 is 0 Å². The summed E-state index contributed by atoms with van der Waals surface area (Å²) in [7, 11) is 0. The van der Waals surface area contributed by atoms with Crippen molar-refractivity contribution in [3.8, 4) is 0 Å². The Hall–Kier alpha value is 0.439. The van der Waals surface area contributed by atoms with Crippen LogP contribution < -0.4 is 5.32 Å². The molecule has 1 rings (SSSR count). The fraction of sp³-hybridized carbons (Fsp3) is 1.00. The summed E-state index contributed by atoms with van der Waals surface area (Å²) < 4.78 is 5.01. The van der Waals surface area contributed by atoms with E-state index in [-0.39, 0.29) is 17.1 Å². The van der Waals surface area contributed by atoms with Crippen LogP contribution in [0.15, 0.2) is 0 Å². The average molecular weight is 143 g/mol. The summed E-state index contributed by atoms with van der Waals surface area (Å²) in [4.78, 5) is 0. The summed E-state index contributed by atoms with van der Waals surface area (Å²) in [6, 6.07) is 0. The summed E-state index contributed by atoms with van der Waals surface area (Å²) in [5, 5.41) is 3.16. The van der Waals surface area contributed by atoms with E-state index in [0.717, 1.165) is 26.3 Å². The number of hydrogen-bond donors (Lipinski definition) is 1. The van der Waals surface area contributed by atoms with E-state index in [0.29, 0.717) is 0 Å². The van der Waals surface area contributed by atoms with Crippen LogP contribution in [-0.2, 0) is 21.8 Å². The number of nitrogens with one attached hydrogen (secondary N) is 1. The van der Waals surface area contributed by atoms with Gasteiger partial charge in [0, 0.05) is 30.2 Å². The minimum Gasteiger partial charge on any atom is -0.379 e. The van der Waals surface area contributed by atoms with Gasteiger partial charge in [0.15, 0.2) is 0 Å². The third-order valence-electron chi connectivity index (χ3n) is 0.846. The van der Waals surface area contributed by atoms with Gasteiger partial charge in [0.05, 0.1) is 13.2 Å². The molecular formula is C4H9FeNO. The van der Waals surface area contributed by atoms with Gasteiger partial charge in [0.25, 0.3) is 0 Å².